The second-order valence-corrected chi connectivity index (χ2v) is 7.16. The van der Waals surface area contributed by atoms with Crippen LogP contribution in [0.3, 0.4) is 0 Å². The minimum atomic E-state index is -0.438. The van der Waals surface area contributed by atoms with Gasteiger partial charge < -0.3 is 9.31 Å². The quantitative estimate of drug-likeness (QED) is 0.727. The van der Waals surface area contributed by atoms with E-state index in [0.29, 0.717) is 0 Å². The van der Waals surface area contributed by atoms with Crippen LogP contribution in [0.25, 0.3) is 0 Å². The van der Waals surface area contributed by atoms with Crippen LogP contribution in [-0.2, 0) is 14.7 Å². The molecule has 104 valence electrons. The van der Waals surface area contributed by atoms with Crippen molar-refractivity contribution in [2.75, 3.05) is 0 Å². The summed E-state index contributed by atoms with van der Waals surface area (Å²) in [5, 5.41) is 0. The van der Waals surface area contributed by atoms with Crippen molar-refractivity contribution >= 4 is 12.7 Å². The molecule has 1 aromatic rings. The third-order valence-electron chi connectivity index (χ3n) is 3.93. The zero-order valence-corrected chi connectivity index (χ0v) is 12.9. The molecule has 5 heteroatoms. The van der Waals surface area contributed by atoms with Crippen molar-refractivity contribution in [1.29, 1.82) is 0 Å². The molecule has 0 aliphatic carbocycles. The highest BCUT2D eigenvalue weighted by Crippen LogP contribution is 2.36. The van der Waals surface area contributed by atoms with E-state index in [9.17, 15) is 0 Å². The molecule has 0 spiro atoms. The van der Waals surface area contributed by atoms with Crippen LogP contribution >= 0.6 is 0 Å². The van der Waals surface area contributed by atoms with Crippen LogP contribution in [0.15, 0.2) is 12.4 Å². The molecule has 1 aromatic heterocycles. The molecule has 1 aliphatic rings. The van der Waals surface area contributed by atoms with Gasteiger partial charge in [-0.2, -0.15) is 0 Å². The smallest absolute Gasteiger partial charge is 0.398 e. The first-order valence-electron chi connectivity index (χ1n) is 6.71. The zero-order chi connectivity index (χ0) is 14.5. The van der Waals surface area contributed by atoms with Crippen LogP contribution in [0.4, 0.5) is 0 Å². The first kappa shape index (κ1) is 14.5. The van der Waals surface area contributed by atoms with Crippen molar-refractivity contribution in [1.82, 2.24) is 9.97 Å². The predicted octanol–water partition coefficient (Wildman–Crippen LogP) is 2.07. The molecule has 0 saturated carbocycles. The third kappa shape index (κ3) is 2.67. The third-order valence-corrected chi connectivity index (χ3v) is 3.93. The van der Waals surface area contributed by atoms with E-state index in [1.807, 2.05) is 27.7 Å². The summed E-state index contributed by atoms with van der Waals surface area (Å²) in [6.45, 7) is 14.5. The summed E-state index contributed by atoms with van der Waals surface area (Å²) in [7, 11) is -0.438. The highest BCUT2D eigenvalue weighted by molar-refractivity contribution is 6.61. The molecule has 1 fully saturated rings. The largest absolute Gasteiger partial charge is 0.516 e. The van der Waals surface area contributed by atoms with Gasteiger partial charge >= 0.3 is 7.12 Å². The number of rotatable bonds is 1. The highest BCUT2D eigenvalue weighted by atomic mass is 16.7. The van der Waals surface area contributed by atoms with Gasteiger partial charge in [0.25, 0.3) is 0 Å². The lowest BCUT2D eigenvalue weighted by Crippen LogP contribution is -2.41. The molecule has 0 unspecified atom stereocenters. The molecule has 1 saturated heterocycles. The normalized spacial score (nSPS) is 21.7. The van der Waals surface area contributed by atoms with Crippen molar-refractivity contribution in [3.8, 4) is 0 Å². The van der Waals surface area contributed by atoms with Crippen LogP contribution in [-0.4, -0.2) is 28.3 Å². The van der Waals surface area contributed by atoms with Gasteiger partial charge in [-0.3, -0.25) is 9.97 Å². The van der Waals surface area contributed by atoms with Gasteiger partial charge in [-0.25, -0.2) is 0 Å². The maximum Gasteiger partial charge on any atom is 0.516 e. The van der Waals surface area contributed by atoms with E-state index >= 15 is 0 Å². The van der Waals surface area contributed by atoms with Gasteiger partial charge in [0.05, 0.1) is 22.5 Å². The summed E-state index contributed by atoms with van der Waals surface area (Å²) >= 11 is 0. The minimum absolute atomic E-state index is 0.00145. The van der Waals surface area contributed by atoms with Crippen molar-refractivity contribution in [3.63, 3.8) is 0 Å². The van der Waals surface area contributed by atoms with Gasteiger partial charge in [0.15, 0.2) is 0 Å². The van der Waals surface area contributed by atoms with Crippen molar-refractivity contribution < 1.29 is 9.31 Å². The maximum atomic E-state index is 5.95. The number of aromatic nitrogens is 2. The molecule has 2 heterocycles. The molecule has 2 rings (SSSR count). The molecule has 0 N–H and O–H groups in total. The van der Waals surface area contributed by atoms with Crippen LogP contribution in [0.5, 0.6) is 0 Å². The lowest BCUT2D eigenvalue weighted by Gasteiger charge is -2.32. The maximum absolute atomic E-state index is 5.95. The molecule has 4 nitrogen and oxygen atoms in total. The Morgan fingerprint density at radius 2 is 1.47 bits per heavy atom. The van der Waals surface area contributed by atoms with Gasteiger partial charge in [0, 0.05) is 17.8 Å². The van der Waals surface area contributed by atoms with Crippen LogP contribution < -0.4 is 5.59 Å². The molecule has 0 bridgehead atoms. The Kier molecular flexibility index (Phi) is 3.26. The van der Waals surface area contributed by atoms with Crippen LogP contribution in [0, 0.1) is 0 Å². The summed E-state index contributed by atoms with van der Waals surface area (Å²) in [6, 6.07) is 0. The summed E-state index contributed by atoms with van der Waals surface area (Å²) in [5.74, 6) is 0. The minimum Gasteiger partial charge on any atom is -0.398 e. The number of hydrogen-bond acceptors (Lipinski definition) is 4. The molecule has 0 atom stereocenters. The fourth-order valence-corrected chi connectivity index (χ4v) is 1.81. The second-order valence-electron chi connectivity index (χ2n) is 7.16. The Morgan fingerprint density at radius 3 is 1.84 bits per heavy atom. The Balaban J connectivity index is 2.22. The summed E-state index contributed by atoms with van der Waals surface area (Å²) in [6.07, 6.45) is 3.56. The molecule has 19 heavy (non-hydrogen) atoms. The molecule has 0 radical (unpaired) electrons. The van der Waals surface area contributed by atoms with Gasteiger partial charge in [0.1, 0.15) is 0 Å². The first-order chi connectivity index (χ1) is 8.53. The molecular weight excluding hydrogens is 239 g/mol. The van der Waals surface area contributed by atoms with E-state index in [1.165, 1.54) is 0 Å². The number of hydrogen-bond donors (Lipinski definition) is 0. The monoisotopic (exact) mass is 262 g/mol. The van der Waals surface area contributed by atoms with Gasteiger partial charge in [-0.1, -0.05) is 20.8 Å². The zero-order valence-electron chi connectivity index (χ0n) is 12.9. The van der Waals surface area contributed by atoms with Gasteiger partial charge in [0.2, 0.25) is 0 Å². The highest BCUT2D eigenvalue weighted by Gasteiger charge is 2.52. The molecule has 1 aliphatic heterocycles. The van der Waals surface area contributed by atoms with Gasteiger partial charge in [-0.15, -0.1) is 0 Å². The Morgan fingerprint density at radius 1 is 0.947 bits per heavy atom. The SMILES string of the molecule is CC(C)(C)c1cnc(B2OC(C)(C)C(C)(C)O2)cn1. The van der Waals surface area contributed by atoms with E-state index < -0.39 is 7.12 Å². The average Bonchev–Trinajstić information content (AvgIpc) is 2.47. The lowest BCUT2D eigenvalue weighted by molar-refractivity contribution is 0.00578. The van der Waals surface area contributed by atoms with Crippen molar-refractivity contribution in [2.45, 2.75) is 65.1 Å². The van der Waals surface area contributed by atoms with Crippen LogP contribution in [0.2, 0.25) is 0 Å². The van der Waals surface area contributed by atoms with Crippen molar-refractivity contribution in [2.24, 2.45) is 0 Å². The van der Waals surface area contributed by atoms with E-state index in [1.54, 1.807) is 12.4 Å². The first-order valence-corrected chi connectivity index (χ1v) is 6.71. The Labute approximate surface area is 116 Å². The van der Waals surface area contributed by atoms with Gasteiger partial charge in [-0.05, 0) is 27.7 Å². The standard InChI is InChI=1S/C14H23BN2O2/c1-12(2,3)10-8-17-11(9-16-10)15-18-13(4,5)14(6,7)19-15/h8-9H,1-7H3. The summed E-state index contributed by atoms with van der Waals surface area (Å²) in [5.41, 5.74) is 1.00. The van der Waals surface area contributed by atoms with E-state index in [2.05, 4.69) is 30.7 Å². The summed E-state index contributed by atoms with van der Waals surface area (Å²) in [4.78, 5) is 8.91. The average molecular weight is 262 g/mol. The van der Waals surface area contributed by atoms with E-state index in [4.69, 9.17) is 9.31 Å². The molecule has 0 amide bonds. The predicted molar refractivity (Wildman–Crippen MR) is 76.4 cm³/mol. The Hall–Kier alpha value is -0.935. The second kappa shape index (κ2) is 4.28. The fraction of sp³-hybridized carbons (Fsp3) is 0.714. The fourth-order valence-electron chi connectivity index (χ4n) is 1.81. The topological polar surface area (TPSA) is 44.2 Å². The lowest BCUT2D eigenvalue weighted by atomic mass is 9.84. The van der Waals surface area contributed by atoms with E-state index in [0.717, 1.165) is 11.3 Å². The summed E-state index contributed by atoms with van der Waals surface area (Å²) < 4.78 is 11.9. The Bertz CT molecular complexity index is 447. The molecular formula is C14H23BN2O2. The molecule has 0 aromatic carbocycles. The number of nitrogens with zero attached hydrogens (tertiary/aromatic N) is 2. The van der Waals surface area contributed by atoms with E-state index in [-0.39, 0.29) is 16.6 Å². The van der Waals surface area contributed by atoms with Crippen molar-refractivity contribution in [3.05, 3.63) is 18.1 Å². The van der Waals surface area contributed by atoms with Crippen LogP contribution in [0.1, 0.15) is 54.2 Å².